The van der Waals surface area contributed by atoms with Crippen molar-refractivity contribution in [2.24, 2.45) is 9.98 Å². The molecule has 32 heavy (non-hydrogen) atoms. The van der Waals surface area contributed by atoms with Crippen LogP contribution in [0.15, 0.2) is 45.7 Å². The van der Waals surface area contributed by atoms with Crippen molar-refractivity contribution in [3.05, 3.63) is 51.2 Å². The summed E-state index contributed by atoms with van der Waals surface area (Å²) in [6.07, 6.45) is -4.61. The highest BCUT2D eigenvalue weighted by Crippen LogP contribution is 2.33. The van der Waals surface area contributed by atoms with Crippen molar-refractivity contribution >= 4 is 74.8 Å². The summed E-state index contributed by atoms with van der Waals surface area (Å²) in [6, 6.07) is 5.65. The van der Waals surface area contributed by atoms with E-state index in [9.17, 15) is 27.6 Å². The van der Waals surface area contributed by atoms with Gasteiger partial charge in [-0.25, -0.2) is 4.99 Å². The number of alkyl halides is 3. The number of halogens is 4. The molecule has 3 N–H and O–H groups in total. The van der Waals surface area contributed by atoms with Crippen molar-refractivity contribution in [3.63, 3.8) is 0 Å². The molecule has 166 valence electrons. The zero-order valence-corrected chi connectivity index (χ0v) is 18.0. The van der Waals surface area contributed by atoms with E-state index in [-0.39, 0.29) is 26.5 Å². The lowest BCUT2D eigenvalue weighted by molar-refractivity contribution is -0.137. The summed E-state index contributed by atoms with van der Waals surface area (Å²) in [5, 5.41) is 13.9. The third kappa shape index (κ3) is 5.81. The summed E-state index contributed by atoms with van der Waals surface area (Å²) >= 11 is 7.69. The summed E-state index contributed by atoms with van der Waals surface area (Å²) in [5.41, 5.74) is -1.69. The third-order valence-electron chi connectivity index (χ3n) is 3.73. The Labute approximate surface area is 191 Å². The summed E-state index contributed by atoms with van der Waals surface area (Å²) in [6.45, 7) is 0. The van der Waals surface area contributed by atoms with Crippen molar-refractivity contribution in [2.75, 3.05) is 11.1 Å². The van der Waals surface area contributed by atoms with Crippen LogP contribution in [0.3, 0.4) is 0 Å². The second-order valence-corrected chi connectivity index (χ2v) is 8.31. The van der Waals surface area contributed by atoms with E-state index in [0.29, 0.717) is 6.07 Å². The highest BCUT2D eigenvalue weighted by Gasteiger charge is 2.31. The van der Waals surface area contributed by atoms with Crippen LogP contribution >= 0.6 is 34.7 Å². The van der Waals surface area contributed by atoms with Crippen molar-refractivity contribution in [1.82, 2.24) is 5.32 Å². The van der Waals surface area contributed by atoms with Gasteiger partial charge in [-0.05, 0) is 29.6 Å². The number of nitrogens with one attached hydrogen (secondary N) is 3. The van der Waals surface area contributed by atoms with Crippen LogP contribution in [0.25, 0.3) is 0 Å². The van der Waals surface area contributed by atoms with Gasteiger partial charge in [0.15, 0.2) is 16.7 Å². The number of hydrogen-bond acceptors (Lipinski definition) is 6. The van der Waals surface area contributed by atoms with Gasteiger partial charge < -0.3 is 5.32 Å². The number of nitrogens with zero attached hydrogens (tertiary/aromatic N) is 2. The Hall–Kier alpha value is -3.03. The number of carbonyl (C=O) groups excluding carboxylic acids is 3. The van der Waals surface area contributed by atoms with Gasteiger partial charge in [-0.1, -0.05) is 29.4 Å². The van der Waals surface area contributed by atoms with Gasteiger partial charge in [-0.2, -0.15) is 18.2 Å². The number of rotatable bonds is 4. The second-order valence-electron chi connectivity index (χ2n) is 5.99. The zero-order chi connectivity index (χ0) is 23.5. The Morgan fingerprint density at radius 3 is 2.69 bits per heavy atom. The lowest BCUT2D eigenvalue weighted by Gasteiger charge is -2.15. The topological polar surface area (TPSA) is 124 Å². The molecule has 0 saturated carbocycles. The van der Waals surface area contributed by atoms with E-state index in [0.717, 1.165) is 35.2 Å². The van der Waals surface area contributed by atoms with Gasteiger partial charge in [-0.3, -0.25) is 25.1 Å². The molecule has 1 aliphatic heterocycles. The quantitative estimate of drug-likeness (QED) is 0.588. The van der Waals surface area contributed by atoms with Gasteiger partial charge in [0.2, 0.25) is 5.91 Å². The minimum atomic E-state index is -4.61. The minimum absolute atomic E-state index is 0.0855. The van der Waals surface area contributed by atoms with Crippen molar-refractivity contribution < 1.29 is 27.6 Å². The molecule has 0 saturated heterocycles. The van der Waals surface area contributed by atoms with Crippen LogP contribution in [0, 0.1) is 5.41 Å². The van der Waals surface area contributed by atoms with Crippen molar-refractivity contribution in [1.29, 1.82) is 5.41 Å². The van der Waals surface area contributed by atoms with Gasteiger partial charge in [0.1, 0.15) is 0 Å². The monoisotopic (exact) mass is 501 g/mol. The average Bonchev–Trinajstić information content (AvgIpc) is 3.25. The van der Waals surface area contributed by atoms with Crippen LogP contribution in [0.1, 0.15) is 15.2 Å². The largest absolute Gasteiger partial charge is 0.416 e. The maximum atomic E-state index is 12.8. The Morgan fingerprint density at radius 1 is 1.31 bits per heavy atom. The molecule has 2 heterocycles. The molecule has 0 radical (unpaired) electrons. The van der Waals surface area contributed by atoms with Crippen LogP contribution < -0.4 is 10.6 Å². The number of amidine groups is 2. The molecule has 3 amide bonds. The Bertz CT molecular complexity index is 1160. The number of thiophene rings is 1. The number of benzene rings is 1. The Balaban J connectivity index is 1.63. The molecule has 1 aliphatic rings. The predicted molar refractivity (Wildman–Crippen MR) is 117 cm³/mol. The summed E-state index contributed by atoms with van der Waals surface area (Å²) < 4.78 is 38.5. The van der Waals surface area contributed by atoms with E-state index in [1.54, 1.807) is 11.4 Å². The lowest BCUT2D eigenvalue weighted by Crippen LogP contribution is -2.43. The molecule has 8 nitrogen and oxygen atoms in total. The van der Waals surface area contributed by atoms with Gasteiger partial charge >= 0.3 is 6.18 Å². The molecule has 0 unspecified atom stereocenters. The van der Waals surface area contributed by atoms with Gasteiger partial charge in [0.05, 0.1) is 26.9 Å². The lowest BCUT2D eigenvalue weighted by atomic mass is 10.2. The highest BCUT2D eigenvalue weighted by atomic mass is 35.5. The molecule has 0 fully saturated rings. The molecule has 14 heteroatoms. The fourth-order valence-electron chi connectivity index (χ4n) is 2.29. The fraction of sp³-hybridized carbons (Fsp3) is 0.111. The third-order valence-corrected chi connectivity index (χ3v) is 5.79. The standard InChI is InChI=1S/C18H11ClF3N5O3S2/c19-9-4-3-8(18(20,21)22)6-10(9)24-12(28)7-32-17-26-14(23)13(16(30)27-17)25-15(29)11-2-1-5-31-11/h1-6H,7H2,(H,24,28)(H2,23,26,27,30). The molecule has 0 atom stereocenters. The molecule has 1 aromatic carbocycles. The van der Waals surface area contributed by atoms with E-state index in [2.05, 4.69) is 20.6 Å². The van der Waals surface area contributed by atoms with Crippen molar-refractivity contribution in [2.45, 2.75) is 6.18 Å². The first-order valence-corrected chi connectivity index (χ1v) is 10.7. The number of hydrogen-bond donors (Lipinski definition) is 3. The molecule has 1 aromatic heterocycles. The van der Waals surface area contributed by atoms with Crippen molar-refractivity contribution in [3.8, 4) is 0 Å². The number of aliphatic imine (C=N–C) groups is 2. The van der Waals surface area contributed by atoms with E-state index >= 15 is 0 Å². The number of anilines is 1. The fourth-order valence-corrected chi connectivity index (χ4v) is 3.73. The number of thioether (sulfide) groups is 1. The normalized spacial score (nSPS) is 15.4. The van der Waals surface area contributed by atoms with E-state index in [1.807, 2.05) is 0 Å². The first-order valence-electron chi connectivity index (χ1n) is 8.49. The number of carbonyl (C=O) groups is 3. The first-order chi connectivity index (χ1) is 15.0. The molecule has 0 bridgehead atoms. The van der Waals surface area contributed by atoms with Gasteiger partial charge in [0.25, 0.3) is 11.8 Å². The molecule has 0 spiro atoms. The van der Waals surface area contributed by atoms with Crippen LogP contribution in [0.2, 0.25) is 5.02 Å². The maximum absolute atomic E-state index is 12.8. The average molecular weight is 502 g/mol. The minimum Gasteiger partial charge on any atom is -0.324 e. The van der Waals surface area contributed by atoms with E-state index in [4.69, 9.17) is 17.0 Å². The number of amides is 3. The second kappa shape index (κ2) is 9.63. The van der Waals surface area contributed by atoms with E-state index < -0.39 is 41.0 Å². The molecule has 3 rings (SSSR count). The molecule has 0 aliphatic carbocycles. The van der Waals surface area contributed by atoms with Gasteiger partial charge in [-0.15, -0.1) is 11.3 Å². The zero-order valence-electron chi connectivity index (χ0n) is 15.6. The predicted octanol–water partition coefficient (Wildman–Crippen LogP) is 3.84. The Kier molecular flexibility index (Phi) is 7.11. The van der Waals surface area contributed by atoms with Crippen LogP contribution in [0.4, 0.5) is 18.9 Å². The molecular formula is C18H11ClF3N5O3S2. The summed E-state index contributed by atoms with van der Waals surface area (Å²) in [7, 11) is 0. The van der Waals surface area contributed by atoms with Crippen LogP contribution in [-0.4, -0.2) is 40.2 Å². The van der Waals surface area contributed by atoms with Crippen LogP contribution in [0.5, 0.6) is 0 Å². The summed E-state index contributed by atoms with van der Waals surface area (Å²) in [4.78, 5) is 44.0. The molecular weight excluding hydrogens is 491 g/mol. The summed E-state index contributed by atoms with van der Waals surface area (Å²) in [5.74, 6) is -3.17. The Morgan fingerprint density at radius 2 is 2.06 bits per heavy atom. The van der Waals surface area contributed by atoms with Gasteiger partial charge in [0, 0.05) is 0 Å². The smallest absolute Gasteiger partial charge is 0.324 e. The molecule has 2 aromatic rings. The highest BCUT2D eigenvalue weighted by molar-refractivity contribution is 8.14. The van der Waals surface area contributed by atoms with E-state index in [1.165, 1.54) is 6.07 Å². The van der Waals surface area contributed by atoms with Crippen LogP contribution in [-0.2, 0) is 15.8 Å². The SMILES string of the molecule is N=C1N=C(SCC(=O)Nc2cc(C(F)(F)F)ccc2Cl)NC(=O)C1=NC(=O)c1cccs1. The maximum Gasteiger partial charge on any atom is 0.416 e. The first kappa shape index (κ1) is 23.6.